The zero-order valence-electron chi connectivity index (χ0n) is 12.2. The third kappa shape index (κ3) is 4.85. The molecule has 0 aromatic heterocycles. The summed E-state index contributed by atoms with van der Waals surface area (Å²) in [5, 5.41) is 8.77. The van der Waals surface area contributed by atoms with Crippen LogP contribution in [0.1, 0.15) is 36.8 Å². The maximum absolute atomic E-state index is 12.4. The number of rotatable bonds is 6. The molecule has 1 aromatic rings. The molecule has 1 aliphatic carbocycles. The number of sulfonamides is 1. The summed E-state index contributed by atoms with van der Waals surface area (Å²) in [4.78, 5) is 0.217. The fraction of sp³-hybridized carbons (Fsp3) is 0.500. The summed E-state index contributed by atoms with van der Waals surface area (Å²) in [7, 11) is -3.53. The Morgan fingerprint density at radius 2 is 2.14 bits per heavy atom. The molecule has 4 nitrogen and oxygen atoms in total. The van der Waals surface area contributed by atoms with Gasteiger partial charge in [-0.1, -0.05) is 30.7 Å². The zero-order chi connectivity index (χ0) is 15.3. The third-order valence-corrected chi connectivity index (χ3v) is 4.95. The van der Waals surface area contributed by atoms with Crippen LogP contribution in [0.2, 0.25) is 0 Å². The molecule has 5 heteroatoms. The van der Waals surface area contributed by atoms with Crippen LogP contribution in [-0.2, 0) is 10.0 Å². The first kappa shape index (κ1) is 16.0. The molecule has 0 unspecified atom stereocenters. The van der Waals surface area contributed by atoms with E-state index in [1.165, 1.54) is 12.8 Å². The largest absolute Gasteiger partial charge is 0.395 e. The summed E-state index contributed by atoms with van der Waals surface area (Å²) >= 11 is 0. The van der Waals surface area contributed by atoms with E-state index in [1.807, 2.05) is 6.92 Å². The van der Waals surface area contributed by atoms with Crippen molar-refractivity contribution in [3.8, 4) is 11.8 Å². The van der Waals surface area contributed by atoms with Crippen LogP contribution >= 0.6 is 0 Å². The zero-order valence-corrected chi connectivity index (χ0v) is 13.0. The predicted octanol–water partition coefficient (Wildman–Crippen LogP) is 1.81. The second kappa shape index (κ2) is 7.08. The highest BCUT2D eigenvalue weighted by molar-refractivity contribution is 7.89. The average molecular weight is 307 g/mol. The van der Waals surface area contributed by atoms with E-state index in [0.717, 1.165) is 12.0 Å². The molecule has 114 valence electrons. The minimum atomic E-state index is -3.53. The van der Waals surface area contributed by atoms with Gasteiger partial charge >= 0.3 is 0 Å². The smallest absolute Gasteiger partial charge is 0.241 e. The minimum Gasteiger partial charge on any atom is -0.395 e. The van der Waals surface area contributed by atoms with E-state index in [9.17, 15) is 8.42 Å². The van der Waals surface area contributed by atoms with Crippen molar-refractivity contribution in [3.63, 3.8) is 0 Å². The summed E-state index contributed by atoms with van der Waals surface area (Å²) in [5.74, 6) is 6.32. The molecule has 0 bridgehead atoms. The van der Waals surface area contributed by atoms with Crippen molar-refractivity contribution < 1.29 is 13.5 Å². The molecule has 0 aliphatic heterocycles. The van der Waals surface area contributed by atoms with Gasteiger partial charge in [-0.15, -0.1) is 0 Å². The first-order chi connectivity index (χ1) is 10.0. The van der Waals surface area contributed by atoms with Gasteiger partial charge in [0, 0.05) is 18.5 Å². The Kier molecular flexibility index (Phi) is 5.40. The van der Waals surface area contributed by atoms with E-state index in [2.05, 4.69) is 16.6 Å². The van der Waals surface area contributed by atoms with Crippen molar-refractivity contribution in [2.24, 2.45) is 5.92 Å². The molecule has 1 aliphatic rings. The number of aliphatic hydroxyl groups is 1. The van der Waals surface area contributed by atoms with Crippen LogP contribution in [0.3, 0.4) is 0 Å². The molecule has 0 radical (unpaired) electrons. The monoisotopic (exact) mass is 307 g/mol. The average Bonchev–Trinajstić information content (AvgIpc) is 3.23. The highest BCUT2D eigenvalue weighted by Crippen LogP contribution is 2.31. The topological polar surface area (TPSA) is 66.4 Å². The van der Waals surface area contributed by atoms with Gasteiger partial charge in [-0.25, -0.2) is 13.1 Å². The van der Waals surface area contributed by atoms with E-state index in [1.54, 1.807) is 18.2 Å². The van der Waals surface area contributed by atoms with E-state index in [4.69, 9.17) is 5.11 Å². The maximum Gasteiger partial charge on any atom is 0.241 e. The van der Waals surface area contributed by atoms with Crippen LogP contribution in [0, 0.1) is 24.7 Å². The Morgan fingerprint density at radius 1 is 1.38 bits per heavy atom. The Balaban J connectivity index is 2.17. The normalized spacial score (nSPS) is 14.6. The molecule has 21 heavy (non-hydrogen) atoms. The van der Waals surface area contributed by atoms with E-state index in [-0.39, 0.29) is 11.5 Å². The summed E-state index contributed by atoms with van der Waals surface area (Å²) in [6, 6.07) is 5.13. The van der Waals surface area contributed by atoms with Gasteiger partial charge in [-0.3, -0.25) is 0 Å². The summed E-state index contributed by atoms with van der Waals surface area (Å²) in [6.45, 7) is 2.35. The van der Waals surface area contributed by atoms with Crippen LogP contribution in [0.5, 0.6) is 0 Å². The summed E-state index contributed by atoms with van der Waals surface area (Å²) < 4.78 is 27.4. The Bertz CT molecular complexity index is 652. The highest BCUT2D eigenvalue weighted by Gasteiger charge is 2.23. The van der Waals surface area contributed by atoms with Crippen molar-refractivity contribution in [1.82, 2.24) is 4.72 Å². The van der Waals surface area contributed by atoms with Crippen molar-refractivity contribution >= 4 is 10.0 Å². The lowest BCUT2D eigenvalue weighted by atomic mass is 10.1. The number of aliphatic hydroxyl groups excluding tert-OH is 1. The number of benzene rings is 1. The molecule has 1 saturated carbocycles. The highest BCUT2D eigenvalue weighted by atomic mass is 32.2. The summed E-state index contributed by atoms with van der Waals surface area (Å²) in [5.41, 5.74) is 1.45. The Hall–Kier alpha value is -1.35. The molecular formula is C16H21NO3S. The van der Waals surface area contributed by atoms with Crippen molar-refractivity contribution in [2.45, 2.75) is 37.5 Å². The molecule has 0 heterocycles. The van der Waals surface area contributed by atoms with Crippen molar-refractivity contribution in [1.29, 1.82) is 0 Å². The standard InChI is InChI=1S/C16H21NO3S/c1-13-5-8-16(15(12-13)4-2-3-11-18)21(19,20)17-10-9-14-6-7-14/h5,8,12,14,17-18H,3,6-7,9-11H2,1H3. The van der Waals surface area contributed by atoms with Crippen molar-refractivity contribution in [2.75, 3.05) is 13.2 Å². The van der Waals surface area contributed by atoms with Gasteiger partial charge in [-0.05, 0) is 37.0 Å². The number of hydrogen-bond acceptors (Lipinski definition) is 3. The first-order valence-electron chi connectivity index (χ1n) is 7.23. The van der Waals surface area contributed by atoms with Gasteiger partial charge in [0.25, 0.3) is 0 Å². The van der Waals surface area contributed by atoms with Crippen LogP contribution in [0.4, 0.5) is 0 Å². The quantitative estimate of drug-likeness (QED) is 0.788. The lowest BCUT2D eigenvalue weighted by molar-refractivity contribution is 0.305. The number of hydrogen-bond donors (Lipinski definition) is 2. The van der Waals surface area contributed by atoms with Crippen LogP contribution < -0.4 is 4.72 Å². The number of aryl methyl sites for hydroxylation is 1. The fourth-order valence-corrected chi connectivity index (χ4v) is 3.26. The van der Waals surface area contributed by atoms with E-state index < -0.39 is 10.0 Å². The molecular weight excluding hydrogens is 286 g/mol. The second-order valence-corrected chi connectivity index (χ2v) is 7.14. The van der Waals surface area contributed by atoms with Gasteiger partial charge in [-0.2, -0.15) is 0 Å². The minimum absolute atomic E-state index is 0.0272. The van der Waals surface area contributed by atoms with Crippen molar-refractivity contribution in [3.05, 3.63) is 29.3 Å². The molecule has 0 spiro atoms. The molecule has 0 atom stereocenters. The summed E-state index contributed by atoms with van der Waals surface area (Å²) in [6.07, 6.45) is 3.66. The molecule has 2 N–H and O–H groups in total. The molecule has 0 saturated heterocycles. The first-order valence-corrected chi connectivity index (χ1v) is 8.71. The van der Waals surface area contributed by atoms with Crippen LogP contribution in [0.15, 0.2) is 23.1 Å². The van der Waals surface area contributed by atoms with Gasteiger partial charge in [0.05, 0.1) is 11.5 Å². The van der Waals surface area contributed by atoms with Gasteiger partial charge in [0.2, 0.25) is 10.0 Å². The molecule has 2 rings (SSSR count). The SMILES string of the molecule is Cc1ccc(S(=O)(=O)NCCC2CC2)c(C#CCCO)c1. The third-order valence-electron chi connectivity index (χ3n) is 3.43. The van der Waals surface area contributed by atoms with Gasteiger partial charge in [0.15, 0.2) is 0 Å². The lowest BCUT2D eigenvalue weighted by Gasteiger charge is -2.09. The lowest BCUT2D eigenvalue weighted by Crippen LogP contribution is -2.25. The second-order valence-electron chi connectivity index (χ2n) is 5.40. The molecule has 0 amide bonds. The fourth-order valence-electron chi connectivity index (χ4n) is 2.07. The Labute approximate surface area is 126 Å². The van der Waals surface area contributed by atoms with E-state index in [0.29, 0.717) is 24.4 Å². The van der Waals surface area contributed by atoms with Gasteiger partial charge < -0.3 is 5.11 Å². The maximum atomic E-state index is 12.4. The number of nitrogens with one attached hydrogen (secondary N) is 1. The van der Waals surface area contributed by atoms with Crippen LogP contribution in [-0.4, -0.2) is 26.7 Å². The van der Waals surface area contributed by atoms with E-state index >= 15 is 0 Å². The van der Waals surface area contributed by atoms with Gasteiger partial charge in [0.1, 0.15) is 0 Å². The Morgan fingerprint density at radius 3 is 2.81 bits per heavy atom. The van der Waals surface area contributed by atoms with Crippen LogP contribution in [0.25, 0.3) is 0 Å². The predicted molar refractivity (Wildman–Crippen MR) is 82.3 cm³/mol. The molecule has 1 fully saturated rings. The molecule has 1 aromatic carbocycles.